The van der Waals surface area contributed by atoms with Gasteiger partial charge in [-0.3, -0.25) is 20.3 Å². The van der Waals surface area contributed by atoms with Crippen LogP contribution in [0.3, 0.4) is 0 Å². The molecule has 0 aliphatic rings. The molecule has 0 aliphatic carbocycles. The lowest BCUT2D eigenvalue weighted by atomic mass is 10.2. The third-order valence-electron chi connectivity index (χ3n) is 4.70. The van der Waals surface area contributed by atoms with Crippen LogP contribution in [0.2, 0.25) is 0 Å². The summed E-state index contributed by atoms with van der Waals surface area (Å²) in [5, 5.41) is 24.8. The summed E-state index contributed by atoms with van der Waals surface area (Å²) >= 11 is 0. The number of nitro groups is 1. The zero-order chi connectivity index (χ0) is 25.6. The van der Waals surface area contributed by atoms with Crippen LogP contribution in [-0.4, -0.2) is 44.9 Å². The first-order valence-electron chi connectivity index (χ1n) is 9.81. The van der Waals surface area contributed by atoms with E-state index in [0.29, 0.717) is 17.1 Å². The first-order valence-corrected chi connectivity index (χ1v) is 11.3. The van der Waals surface area contributed by atoms with Crippen LogP contribution in [0.15, 0.2) is 70.7 Å². The number of hydrogen-bond donors (Lipinski definition) is 3. The van der Waals surface area contributed by atoms with Gasteiger partial charge in [-0.2, -0.15) is 5.10 Å². The molecule has 3 aromatic carbocycles. The predicted octanol–water partition coefficient (Wildman–Crippen LogP) is 3.56. The molecule has 12 nitrogen and oxygen atoms in total. The Morgan fingerprint density at radius 1 is 1.06 bits per heavy atom. The summed E-state index contributed by atoms with van der Waals surface area (Å²) in [7, 11) is -1.41. The van der Waals surface area contributed by atoms with E-state index in [-0.39, 0.29) is 16.9 Å². The number of ether oxygens (including phenoxy) is 2. The lowest BCUT2D eigenvalue weighted by molar-refractivity contribution is -0.384. The number of hydrogen-bond acceptors (Lipinski definition) is 9. The summed E-state index contributed by atoms with van der Waals surface area (Å²) in [6.07, 6.45) is 1.36. The molecule has 0 unspecified atom stereocenters. The van der Waals surface area contributed by atoms with Gasteiger partial charge in [0.05, 0.1) is 41.5 Å². The number of nitro benzene ring substituents is 1. The van der Waals surface area contributed by atoms with E-state index in [1.165, 1.54) is 50.8 Å². The Balaban J connectivity index is 1.89. The molecule has 0 saturated carbocycles. The number of benzene rings is 3. The topological polar surface area (TPSA) is 169 Å². The van der Waals surface area contributed by atoms with Gasteiger partial charge in [0, 0.05) is 11.6 Å². The summed E-state index contributed by atoms with van der Waals surface area (Å²) < 4.78 is 38.2. The van der Waals surface area contributed by atoms with E-state index in [1.54, 1.807) is 18.2 Å². The van der Waals surface area contributed by atoms with Gasteiger partial charge in [-0.05, 0) is 36.4 Å². The number of carboxylic acid groups (broad SMARTS) is 1. The van der Waals surface area contributed by atoms with Crippen molar-refractivity contribution in [3.05, 3.63) is 81.9 Å². The Morgan fingerprint density at radius 2 is 1.80 bits per heavy atom. The number of hydrazone groups is 1. The van der Waals surface area contributed by atoms with E-state index in [4.69, 9.17) is 9.47 Å². The van der Waals surface area contributed by atoms with Gasteiger partial charge in [0.15, 0.2) is 11.5 Å². The maximum atomic E-state index is 12.8. The molecule has 13 heteroatoms. The second-order valence-corrected chi connectivity index (χ2v) is 8.53. The number of carboxylic acids is 1. The number of methoxy groups -OCH3 is 2. The van der Waals surface area contributed by atoms with E-state index < -0.39 is 31.5 Å². The molecule has 0 radical (unpaired) electrons. The molecule has 0 aromatic heterocycles. The summed E-state index contributed by atoms with van der Waals surface area (Å²) in [5.41, 5.74) is 1.97. The van der Waals surface area contributed by atoms with Crippen LogP contribution in [-0.2, 0) is 10.0 Å². The number of carbonyl (C=O) groups is 1. The average Bonchev–Trinajstić information content (AvgIpc) is 2.83. The molecule has 0 spiro atoms. The first kappa shape index (κ1) is 25.0. The fraction of sp³-hybridized carbons (Fsp3) is 0.0909. The molecule has 0 fully saturated rings. The zero-order valence-corrected chi connectivity index (χ0v) is 19.3. The fourth-order valence-corrected chi connectivity index (χ4v) is 4.17. The van der Waals surface area contributed by atoms with Crippen LogP contribution in [0.4, 0.5) is 17.1 Å². The van der Waals surface area contributed by atoms with E-state index in [0.717, 1.165) is 12.1 Å². The number of nitrogens with zero attached hydrogens (tertiary/aromatic N) is 2. The van der Waals surface area contributed by atoms with Gasteiger partial charge in [-0.25, -0.2) is 13.2 Å². The van der Waals surface area contributed by atoms with Crippen LogP contribution in [0.5, 0.6) is 11.5 Å². The highest BCUT2D eigenvalue weighted by atomic mass is 32.2. The lowest BCUT2D eigenvalue weighted by Crippen LogP contribution is -2.16. The van der Waals surface area contributed by atoms with Gasteiger partial charge in [0.1, 0.15) is 5.69 Å². The van der Waals surface area contributed by atoms with E-state index in [1.807, 2.05) is 0 Å². The normalized spacial score (nSPS) is 11.1. The van der Waals surface area contributed by atoms with Gasteiger partial charge in [-0.15, -0.1) is 0 Å². The molecular weight excluding hydrogens is 480 g/mol. The van der Waals surface area contributed by atoms with Gasteiger partial charge >= 0.3 is 5.97 Å². The van der Waals surface area contributed by atoms with E-state index >= 15 is 0 Å². The van der Waals surface area contributed by atoms with E-state index in [2.05, 4.69) is 15.2 Å². The summed E-state index contributed by atoms with van der Waals surface area (Å²) in [4.78, 5) is 21.7. The molecular formula is C22H20N4O8S. The quantitative estimate of drug-likeness (QED) is 0.214. The Morgan fingerprint density at radius 3 is 2.46 bits per heavy atom. The highest BCUT2D eigenvalue weighted by molar-refractivity contribution is 7.92. The van der Waals surface area contributed by atoms with Crippen molar-refractivity contribution >= 4 is 39.3 Å². The largest absolute Gasteiger partial charge is 0.493 e. The highest BCUT2D eigenvalue weighted by Gasteiger charge is 2.23. The Bertz CT molecular complexity index is 1410. The van der Waals surface area contributed by atoms with Crippen molar-refractivity contribution in [3.8, 4) is 11.5 Å². The number of rotatable bonds is 10. The van der Waals surface area contributed by atoms with Crippen LogP contribution >= 0.6 is 0 Å². The van der Waals surface area contributed by atoms with Crippen LogP contribution in [0.25, 0.3) is 0 Å². The minimum absolute atomic E-state index is 0.0713. The second kappa shape index (κ2) is 10.5. The molecule has 35 heavy (non-hydrogen) atoms. The van der Waals surface area contributed by atoms with Crippen LogP contribution in [0, 0.1) is 10.1 Å². The smallest absolute Gasteiger partial charge is 0.337 e. The Kier molecular flexibility index (Phi) is 7.51. The zero-order valence-electron chi connectivity index (χ0n) is 18.5. The summed E-state index contributed by atoms with van der Waals surface area (Å²) in [6.45, 7) is 0. The molecule has 0 aliphatic heterocycles. The maximum Gasteiger partial charge on any atom is 0.337 e. The molecule has 0 saturated heterocycles. The number of sulfonamides is 1. The van der Waals surface area contributed by atoms with Gasteiger partial charge in [-0.1, -0.05) is 18.2 Å². The predicted molar refractivity (Wildman–Crippen MR) is 128 cm³/mol. The molecule has 3 rings (SSSR count). The molecule has 0 amide bonds. The fourth-order valence-electron chi connectivity index (χ4n) is 3.07. The maximum absolute atomic E-state index is 12.8. The molecule has 3 N–H and O–H groups in total. The number of para-hydroxylation sites is 2. The Hall–Kier alpha value is -4.65. The first-order chi connectivity index (χ1) is 16.7. The molecule has 0 atom stereocenters. The number of nitrogens with one attached hydrogen (secondary N) is 2. The molecule has 0 heterocycles. The minimum atomic E-state index is -4.34. The Labute approximate surface area is 200 Å². The van der Waals surface area contributed by atoms with E-state index in [9.17, 15) is 28.4 Å². The van der Waals surface area contributed by atoms with Crippen LogP contribution in [0.1, 0.15) is 15.9 Å². The van der Waals surface area contributed by atoms with Crippen molar-refractivity contribution in [2.24, 2.45) is 5.10 Å². The molecule has 0 bridgehead atoms. The van der Waals surface area contributed by atoms with Crippen molar-refractivity contribution in [3.63, 3.8) is 0 Å². The SMILES string of the molecule is COc1cccc(/C=N\Nc2ccc(S(=O)(=O)Nc3ccccc3C(=O)O)cc2[N+](=O)[O-])c1OC. The third-order valence-corrected chi connectivity index (χ3v) is 6.06. The molecule has 3 aromatic rings. The number of aromatic carboxylic acids is 1. The van der Waals surface area contributed by atoms with Crippen molar-refractivity contribution in [1.29, 1.82) is 0 Å². The van der Waals surface area contributed by atoms with Crippen molar-refractivity contribution in [2.45, 2.75) is 4.90 Å². The minimum Gasteiger partial charge on any atom is -0.493 e. The lowest BCUT2D eigenvalue weighted by Gasteiger charge is -2.11. The van der Waals surface area contributed by atoms with Gasteiger partial charge in [0.2, 0.25) is 0 Å². The van der Waals surface area contributed by atoms with Crippen molar-refractivity contribution in [1.82, 2.24) is 0 Å². The molecule has 182 valence electrons. The standard InChI is InChI=1S/C22H20N4O8S/c1-33-20-9-5-6-14(21(20)34-2)13-23-24-18-11-10-15(12-19(18)26(29)30)35(31,32)25-17-8-4-3-7-16(17)22(27)28/h3-13,24-25H,1-2H3,(H,27,28)/b23-13-. The summed E-state index contributed by atoms with van der Waals surface area (Å²) in [6, 6.07) is 13.6. The van der Waals surface area contributed by atoms with Crippen molar-refractivity contribution < 1.29 is 32.7 Å². The number of anilines is 2. The average molecular weight is 500 g/mol. The monoisotopic (exact) mass is 500 g/mol. The van der Waals surface area contributed by atoms with Gasteiger partial charge in [0.25, 0.3) is 15.7 Å². The third kappa shape index (κ3) is 5.65. The summed E-state index contributed by atoms with van der Waals surface area (Å²) in [5.74, 6) is -0.461. The van der Waals surface area contributed by atoms with Crippen LogP contribution < -0.4 is 19.6 Å². The highest BCUT2D eigenvalue weighted by Crippen LogP contribution is 2.31. The van der Waals surface area contributed by atoms with Crippen molar-refractivity contribution in [2.75, 3.05) is 24.4 Å². The van der Waals surface area contributed by atoms with Gasteiger partial charge < -0.3 is 14.6 Å². The second-order valence-electron chi connectivity index (χ2n) is 6.85.